The van der Waals surface area contributed by atoms with Gasteiger partial charge in [0.15, 0.2) is 0 Å². The zero-order valence-electron chi connectivity index (χ0n) is 6.94. The summed E-state index contributed by atoms with van der Waals surface area (Å²) in [7, 11) is 1.45. The molecule has 0 saturated carbocycles. The van der Waals surface area contributed by atoms with Crippen molar-refractivity contribution in [1.82, 2.24) is 5.01 Å². The second-order valence-electron chi connectivity index (χ2n) is 2.42. The highest BCUT2D eigenvalue weighted by Crippen LogP contribution is 2.25. The van der Waals surface area contributed by atoms with Crippen LogP contribution >= 0.6 is 0 Å². The van der Waals surface area contributed by atoms with Crippen LogP contribution in [0, 0.1) is 0 Å². The molecule has 0 aliphatic heterocycles. The summed E-state index contributed by atoms with van der Waals surface area (Å²) in [5, 5.41) is 1.09. The van der Waals surface area contributed by atoms with E-state index < -0.39 is 11.7 Å². The predicted octanol–water partition coefficient (Wildman–Crippen LogP) is 1.81. The van der Waals surface area contributed by atoms with Gasteiger partial charge in [-0.15, -0.1) is 0 Å². The van der Waals surface area contributed by atoms with E-state index in [4.69, 9.17) is 5.84 Å². The van der Waals surface area contributed by atoms with Crippen LogP contribution in [-0.4, -0.2) is 18.2 Å². The van der Waals surface area contributed by atoms with Crippen molar-refractivity contribution in [3.8, 4) is 0 Å². The summed E-state index contributed by atoms with van der Waals surface area (Å²) in [6.45, 7) is 4.33. The lowest BCUT2D eigenvalue weighted by atomic mass is 10.2. The van der Waals surface area contributed by atoms with E-state index in [-0.39, 0.29) is 0 Å². The van der Waals surface area contributed by atoms with Crippen LogP contribution in [0.4, 0.5) is 13.2 Å². The number of halogens is 3. The lowest BCUT2D eigenvalue weighted by Crippen LogP contribution is -2.24. The first kappa shape index (κ1) is 11.0. The number of rotatable bonds is 2. The molecule has 0 aromatic heterocycles. The third kappa shape index (κ3) is 3.43. The molecule has 0 aliphatic rings. The minimum absolute atomic E-state index is 0.303. The van der Waals surface area contributed by atoms with Gasteiger partial charge < -0.3 is 5.01 Å². The molecular formula is C7H11F3N2. The zero-order chi connectivity index (χ0) is 9.94. The van der Waals surface area contributed by atoms with Crippen molar-refractivity contribution in [3.63, 3.8) is 0 Å². The molecule has 0 saturated heterocycles. The number of nitrogens with zero attached hydrogens (tertiary/aromatic N) is 1. The minimum atomic E-state index is -4.38. The predicted molar refractivity (Wildman–Crippen MR) is 40.9 cm³/mol. The smallest absolute Gasteiger partial charge is 0.318 e. The van der Waals surface area contributed by atoms with Gasteiger partial charge in [-0.1, -0.05) is 6.58 Å². The Morgan fingerprint density at radius 2 is 1.92 bits per heavy atom. The highest BCUT2D eigenvalue weighted by Gasteiger charge is 2.30. The molecule has 0 unspecified atom stereocenters. The van der Waals surface area contributed by atoms with Crippen LogP contribution in [0.5, 0.6) is 0 Å². The highest BCUT2D eigenvalue weighted by atomic mass is 19.4. The lowest BCUT2D eigenvalue weighted by molar-refractivity contribution is -0.0879. The van der Waals surface area contributed by atoms with Crippen LogP contribution in [0.25, 0.3) is 0 Å². The fraction of sp³-hybridized carbons (Fsp3) is 0.429. The molecule has 5 heteroatoms. The maximum absolute atomic E-state index is 11.9. The molecule has 0 atom stereocenters. The topological polar surface area (TPSA) is 29.3 Å². The summed E-state index contributed by atoms with van der Waals surface area (Å²) in [5.74, 6) is 5.18. The number of alkyl halides is 3. The molecule has 70 valence electrons. The molecule has 2 N–H and O–H groups in total. The van der Waals surface area contributed by atoms with Gasteiger partial charge in [0.25, 0.3) is 0 Å². The molecule has 0 bridgehead atoms. The molecule has 0 rings (SSSR count). The Balaban J connectivity index is 4.46. The molecular weight excluding hydrogens is 169 g/mol. The molecule has 12 heavy (non-hydrogen) atoms. The van der Waals surface area contributed by atoms with Crippen molar-refractivity contribution in [2.24, 2.45) is 5.84 Å². The van der Waals surface area contributed by atoms with Crippen molar-refractivity contribution in [1.29, 1.82) is 0 Å². The second kappa shape index (κ2) is 3.62. The quantitative estimate of drug-likeness (QED) is 0.399. The standard InChI is InChI=1S/C7H11F3N2/c1-5(7(8,9)10)4-6(2)12(3)11/h4H,1,11H2,2-3H3. The molecule has 0 fully saturated rings. The Kier molecular flexibility index (Phi) is 3.33. The van der Waals surface area contributed by atoms with Crippen LogP contribution in [0.15, 0.2) is 23.9 Å². The molecule has 0 aromatic rings. The van der Waals surface area contributed by atoms with E-state index in [0.29, 0.717) is 5.70 Å². The maximum Gasteiger partial charge on any atom is 0.415 e. The molecule has 0 heterocycles. The summed E-state index contributed by atoms with van der Waals surface area (Å²) in [6, 6.07) is 0. The molecule has 0 spiro atoms. The normalized spacial score (nSPS) is 13.0. The van der Waals surface area contributed by atoms with E-state index in [2.05, 4.69) is 6.58 Å². The van der Waals surface area contributed by atoms with E-state index in [9.17, 15) is 13.2 Å². The average Bonchev–Trinajstić information content (AvgIpc) is 1.85. The fourth-order valence-electron chi connectivity index (χ4n) is 0.436. The molecule has 0 amide bonds. The van der Waals surface area contributed by atoms with Crippen molar-refractivity contribution >= 4 is 0 Å². The third-order valence-electron chi connectivity index (χ3n) is 1.30. The third-order valence-corrected chi connectivity index (χ3v) is 1.30. The zero-order valence-corrected chi connectivity index (χ0v) is 6.94. The van der Waals surface area contributed by atoms with Gasteiger partial charge in [0.05, 0.1) is 5.57 Å². The number of hydrogen-bond donors (Lipinski definition) is 1. The van der Waals surface area contributed by atoms with E-state index in [0.717, 1.165) is 11.1 Å². The number of nitrogens with two attached hydrogens (primary N) is 1. The summed E-state index contributed by atoms with van der Waals surface area (Å²) in [6.07, 6.45) is -3.49. The summed E-state index contributed by atoms with van der Waals surface area (Å²) < 4.78 is 35.6. The van der Waals surface area contributed by atoms with E-state index in [1.165, 1.54) is 14.0 Å². The Hall–Kier alpha value is -0.970. The molecule has 2 nitrogen and oxygen atoms in total. The highest BCUT2D eigenvalue weighted by molar-refractivity contribution is 5.22. The van der Waals surface area contributed by atoms with Crippen LogP contribution in [0.3, 0.4) is 0 Å². The average molecular weight is 180 g/mol. The lowest BCUT2D eigenvalue weighted by Gasteiger charge is -2.13. The molecule has 0 aromatic carbocycles. The van der Waals surface area contributed by atoms with Gasteiger partial charge in [0, 0.05) is 12.7 Å². The SMILES string of the molecule is C=C(C=C(C)N(C)N)C(F)(F)F. The van der Waals surface area contributed by atoms with E-state index >= 15 is 0 Å². The van der Waals surface area contributed by atoms with Crippen molar-refractivity contribution < 1.29 is 13.2 Å². The minimum Gasteiger partial charge on any atom is -0.318 e. The Morgan fingerprint density at radius 1 is 1.50 bits per heavy atom. The number of hydrazine groups is 1. The number of allylic oxidation sites excluding steroid dienone is 3. The summed E-state index contributed by atoms with van der Waals surface area (Å²) in [5.41, 5.74) is -0.602. The van der Waals surface area contributed by atoms with E-state index in [1.807, 2.05) is 0 Å². The van der Waals surface area contributed by atoms with Crippen molar-refractivity contribution in [2.75, 3.05) is 7.05 Å². The van der Waals surface area contributed by atoms with Crippen molar-refractivity contribution in [2.45, 2.75) is 13.1 Å². The van der Waals surface area contributed by atoms with Crippen LogP contribution in [-0.2, 0) is 0 Å². The summed E-state index contributed by atoms with van der Waals surface area (Å²) >= 11 is 0. The van der Waals surface area contributed by atoms with Crippen LogP contribution in [0.1, 0.15) is 6.92 Å². The Morgan fingerprint density at radius 3 is 2.17 bits per heavy atom. The molecule has 0 radical (unpaired) electrons. The fourth-order valence-corrected chi connectivity index (χ4v) is 0.436. The Bertz CT molecular complexity index is 203. The van der Waals surface area contributed by atoms with Gasteiger partial charge in [-0.25, -0.2) is 5.84 Å². The van der Waals surface area contributed by atoms with E-state index in [1.54, 1.807) is 0 Å². The summed E-state index contributed by atoms with van der Waals surface area (Å²) in [4.78, 5) is 0. The number of hydrogen-bond acceptors (Lipinski definition) is 2. The van der Waals surface area contributed by atoms with Gasteiger partial charge in [-0.05, 0) is 13.0 Å². The van der Waals surface area contributed by atoms with Gasteiger partial charge in [-0.3, -0.25) is 0 Å². The van der Waals surface area contributed by atoms with Crippen molar-refractivity contribution in [3.05, 3.63) is 23.9 Å². The van der Waals surface area contributed by atoms with Gasteiger partial charge >= 0.3 is 6.18 Å². The second-order valence-corrected chi connectivity index (χ2v) is 2.42. The van der Waals surface area contributed by atoms with Gasteiger partial charge in [-0.2, -0.15) is 13.2 Å². The first-order chi connectivity index (χ1) is 5.25. The van der Waals surface area contributed by atoms with Gasteiger partial charge in [0.2, 0.25) is 0 Å². The Labute approximate surface area is 69.1 Å². The monoisotopic (exact) mass is 180 g/mol. The molecule has 0 aliphatic carbocycles. The largest absolute Gasteiger partial charge is 0.415 e. The van der Waals surface area contributed by atoms with Crippen LogP contribution < -0.4 is 5.84 Å². The first-order valence-electron chi connectivity index (χ1n) is 3.18. The maximum atomic E-state index is 11.9. The van der Waals surface area contributed by atoms with Gasteiger partial charge in [0.1, 0.15) is 0 Å². The van der Waals surface area contributed by atoms with Crippen LogP contribution in [0.2, 0.25) is 0 Å². The first-order valence-corrected chi connectivity index (χ1v) is 3.18.